The van der Waals surface area contributed by atoms with Crippen LogP contribution in [-0.4, -0.2) is 30.9 Å². The predicted molar refractivity (Wildman–Crippen MR) is 127 cm³/mol. The number of hydrogen-bond acceptors (Lipinski definition) is 3. The largest absolute Gasteiger partial charge is 0.465 e. The Bertz CT molecular complexity index is 1370. The number of amides is 1. The van der Waals surface area contributed by atoms with Crippen molar-refractivity contribution in [2.24, 2.45) is 7.05 Å². The Balaban J connectivity index is 1.46. The van der Waals surface area contributed by atoms with Crippen LogP contribution in [0.2, 0.25) is 0 Å². The molecule has 33 heavy (non-hydrogen) atoms. The third-order valence-corrected chi connectivity index (χ3v) is 6.41. The standard InChI is InChI=1S/C26H26N4O3/c1-29-24-22(20-9-5-6-10-21(20)25(31)27-24)23(28-29)19-13-11-18(12-14-19)16-30(26(32)33)15-17-7-3-2-4-8-17/h2-4,7-8,11-14H,5-6,9-10,15-16H2,1H3,(H,27,31)(H,32,33). The van der Waals surface area contributed by atoms with Crippen molar-refractivity contribution in [1.29, 1.82) is 0 Å². The van der Waals surface area contributed by atoms with Gasteiger partial charge in [-0.05, 0) is 42.4 Å². The van der Waals surface area contributed by atoms with Gasteiger partial charge in [0.1, 0.15) is 11.3 Å². The molecule has 2 aromatic heterocycles. The number of carboxylic acid groups (broad SMARTS) is 1. The number of hydrogen-bond donors (Lipinski definition) is 2. The fourth-order valence-corrected chi connectivity index (χ4v) is 4.75. The van der Waals surface area contributed by atoms with Crippen LogP contribution in [0.15, 0.2) is 59.4 Å². The number of rotatable bonds is 5. The molecule has 5 rings (SSSR count). The summed E-state index contributed by atoms with van der Waals surface area (Å²) in [6, 6.07) is 17.5. The molecule has 2 N–H and O–H groups in total. The monoisotopic (exact) mass is 442 g/mol. The number of aromatic amines is 1. The number of carbonyl (C=O) groups is 1. The molecule has 4 aromatic rings. The number of aromatic nitrogens is 3. The molecule has 0 radical (unpaired) electrons. The van der Waals surface area contributed by atoms with Crippen molar-refractivity contribution < 1.29 is 9.90 Å². The molecule has 0 fully saturated rings. The SMILES string of the molecule is Cn1nc(-c2ccc(CN(Cc3ccccc3)C(=O)O)cc2)c2c3c(c(=O)[nH]c21)CCCC3. The first-order chi connectivity index (χ1) is 16.0. The molecule has 0 saturated heterocycles. The average molecular weight is 443 g/mol. The number of nitrogens with one attached hydrogen (secondary N) is 1. The van der Waals surface area contributed by atoms with E-state index in [0.717, 1.165) is 70.2 Å². The van der Waals surface area contributed by atoms with E-state index in [2.05, 4.69) is 4.98 Å². The van der Waals surface area contributed by atoms with Crippen LogP contribution in [0, 0.1) is 0 Å². The lowest BCUT2D eigenvalue weighted by molar-refractivity contribution is 0.139. The highest BCUT2D eigenvalue weighted by molar-refractivity contribution is 5.94. The molecule has 1 aliphatic rings. The van der Waals surface area contributed by atoms with Gasteiger partial charge < -0.3 is 10.1 Å². The Morgan fingerprint density at radius 1 is 1.00 bits per heavy atom. The quantitative estimate of drug-likeness (QED) is 0.477. The molecule has 168 valence electrons. The molecular formula is C26H26N4O3. The Hall–Kier alpha value is -3.87. The summed E-state index contributed by atoms with van der Waals surface area (Å²) in [7, 11) is 1.85. The number of fused-ring (bicyclic) bond motifs is 3. The van der Waals surface area contributed by atoms with Gasteiger partial charge in [0.05, 0.1) is 0 Å². The maximum Gasteiger partial charge on any atom is 0.407 e. The molecule has 0 atom stereocenters. The summed E-state index contributed by atoms with van der Waals surface area (Å²) in [5.74, 6) is 0. The minimum Gasteiger partial charge on any atom is -0.465 e. The number of nitrogens with zero attached hydrogens (tertiary/aromatic N) is 3. The molecule has 1 amide bonds. The van der Waals surface area contributed by atoms with Crippen LogP contribution < -0.4 is 5.56 Å². The lowest BCUT2D eigenvalue weighted by Gasteiger charge is -2.19. The van der Waals surface area contributed by atoms with Crippen molar-refractivity contribution in [2.45, 2.75) is 38.8 Å². The van der Waals surface area contributed by atoms with Crippen LogP contribution in [0.4, 0.5) is 4.79 Å². The highest BCUT2D eigenvalue weighted by Crippen LogP contribution is 2.33. The number of benzene rings is 2. The van der Waals surface area contributed by atoms with Gasteiger partial charge >= 0.3 is 6.09 Å². The second-order valence-electron chi connectivity index (χ2n) is 8.64. The molecular weight excluding hydrogens is 416 g/mol. The maximum atomic E-state index is 12.6. The molecule has 0 spiro atoms. The normalized spacial score (nSPS) is 13.1. The Morgan fingerprint density at radius 3 is 2.30 bits per heavy atom. The van der Waals surface area contributed by atoms with Gasteiger partial charge in [-0.3, -0.25) is 14.4 Å². The Kier molecular flexibility index (Phi) is 5.46. The molecule has 7 nitrogen and oxygen atoms in total. The second kappa shape index (κ2) is 8.58. The summed E-state index contributed by atoms with van der Waals surface area (Å²) in [4.78, 5) is 28.8. The van der Waals surface area contributed by atoms with E-state index in [1.54, 1.807) is 4.68 Å². The fourth-order valence-electron chi connectivity index (χ4n) is 4.75. The van der Waals surface area contributed by atoms with Crippen molar-refractivity contribution in [1.82, 2.24) is 19.7 Å². The van der Waals surface area contributed by atoms with Crippen LogP contribution >= 0.6 is 0 Å². The highest BCUT2D eigenvalue weighted by Gasteiger charge is 2.22. The van der Waals surface area contributed by atoms with E-state index in [0.29, 0.717) is 13.1 Å². The van der Waals surface area contributed by atoms with Gasteiger partial charge in [0.15, 0.2) is 0 Å². The third kappa shape index (κ3) is 4.02. The summed E-state index contributed by atoms with van der Waals surface area (Å²) < 4.78 is 1.74. The molecule has 0 bridgehead atoms. The van der Waals surface area contributed by atoms with E-state index in [-0.39, 0.29) is 5.56 Å². The van der Waals surface area contributed by atoms with Gasteiger partial charge in [-0.2, -0.15) is 5.10 Å². The summed E-state index contributed by atoms with van der Waals surface area (Å²) in [5, 5.41) is 15.4. The lowest BCUT2D eigenvalue weighted by Crippen LogP contribution is -2.28. The first-order valence-corrected chi connectivity index (χ1v) is 11.2. The van der Waals surface area contributed by atoms with Crippen LogP contribution in [0.25, 0.3) is 22.3 Å². The molecule has 1 aliphatic carbocycles. The third-order valence-electron chi connectivity index (χ3n) is 6.41. The van der Waals surface area contributed by atoms with Crippen molar-refractivity contribution in [2.75, 3.05) is 0 Å². The molecule has 0 unspecified atom stereocenters. The van der Waals surface area contributed by atoms with E-state index >= 15 is 0 Å². The van der Waals surface area contributed by atoms with Crippen molar-refractivity contribution in [3.8, 4) is 11.3 Å². The highest BCUT2D eigenvalue weighted by atomic mass is 16.4. The number of aryl methyl sites for hydroxylation is 2. The van der Waals surface area contributed by atoms with E-state index < -0.39 is 6.09 Å². The molecule has 7 heteroatoms. The molecule has 2 aromatic carbocycles. The fraction of sp³-hybridized carbons (Fsp3) is 0.269. The second-order valence-corrected chi connectivity index (χ2v) is 8.64. The average Bonchev–Trinajstić information content (AvgIpc) is 3.16. The molecule has 0 saturated carbocycles. The number of H-pyrrole nitrogens is 1. The van der Waals surface area contributed by atoms with E-state index in [1.165, 1.54) is 4.90 Å². The number of pyridine rings is 1. The van der Waals surface area contributed by atoms with Gasteiger partial charge in [-0.1, -0.05) is 54.6 Å². The van der Waals surface area contributed by atoms with Crippen molar-refractivity contribution in [3.05, 3.63) is 87.2 Å². The zero-order valence-electron chi connectivity index (χ0n) is 18.5. The smallest absolute Gasteiger partial charge is 0.407 e. The van der Waals surface area contributed by atoms with Crippen molar-refractivity contribution >= 4 is 17.1 Å². The minimum atomic E-state index is -0.950. The topological polar surface area (TPSA) is 91.2 Å². The Morgan fingerprint density at radius 2 is 1.64 bits per heavy atom. The van der Waals surface area contributed by atoms with Gasteiger partial charge in [0, 0.05) is 36.7 Å². The summed E-state index contributed by atoms with van der Waals surface area (Å²) in [5.41, 5.74) is 6.42. The van der Waals surface area contributed by atoms with E-state index in [9.17, 15) is 14.7 Å². The molecule has 2 heterocycles. The maximum absolute atomic E-state index is 12.6. The Labute approximate surface area is 191 Å². The van der Waals surface area contributed by atoms with E-state index in [1.807, 2.05) is 61.6 Å². The summed E-state index contributed by atoms with van der Waals surface area (Å²) >= 11 is 0. The minimum absolute atomic E-state index is 0.00530. The van der Waals surface area contributed by atoms with Crippen LogP contribution in [0.5, 0.6) is 0 Å². The van der Waals surface area contributed by atoms with E-state index in [4.69, 9.17) is 5.10 Å². The summed E-state index contributed by atoms with van der Waals surface area (Å²) in [6.45, 7) is 0.637. The molecule has 0 aliphatic heterocycles. The van der Waals surface area contributed by atoms with Gasteiger partial charge in [0.2, 0.25) is 0 Å². The predicted octanol–water partition coefficient (Wildman–Crippen LogP) is 4.49. The zero-order valence-corrected chi connectivity index (χ0v) is 18.5. The van der Waals surface area contributed by atoms with Crippen molar-refractivity contribution in [3.63, 3.8) is 0 Å². The van der Waals surface area contributed by atoms with Crippen LogP contribution in [-0.2, 0) is 33.0 Å². The summed E-state index contributed by atoms with van der Waals surface area (Å²) in [6.07, 6.45) is 2.86. The van der Waals surface area contributed by atoms with Crippen LogP contribution in [0.3, 0.4) is 0 Å². The first-order valence-electron chi connectivity index (χ1n) is 11.2. The van der Waals surface area contributed by atoms with Crippen LogP contribution in [0.1, 0.15) is 35.1 Å². The van der Waals surface area contributed by atoms with Gasteiger partial charge in [0.25, 0.3) is 5.56 Å². The van der Waals surface area contributed by atoms with Gasteiger partial charge in [-0.15, -0.1) is 0 Å². The zero-order chi connectivity index (χ0) is 22.9. The van der Waals surface area contributed by atoms with Gasteiger partial charge in [-0.25, -0.2) is 4.79 Å². The first kappa shape index (κ1) is 21.0. The lowest BCUT2D eigenvalue weighted by atomic mass is 9.89.